The van der Waals surface area contributed by atoms with Gasteiger partial charge in [-0.25, -0.2) is 4.79 Å². The van der Waals surface area contributed by atoms with E-state index in [4.69, 9.17) is 18.9 Å². The molecule has 1 aromatic heterocycles. The normalized spacial score (nSPS) is 15.9. The first-order valence-electron chi connectivity index (χ1n) is 24.2. The van der Waals surface area contributed by atoms with E-state index in [1.165, 1.54) is 37.0 Å². The fourth-order valence-corrected chi connectivity index (χ4v) is 10.5. The molecule has 0 atom stereocenters. The number of nitrogens with zero attached hydrogens (tertiary/aromatic N) is 2. The minimum Gasteiger partial charge on any atom is -0.494 e. The van der Waals surface area contributed by atoms with Crippen LogP contribution in [0.25, 0.3) is 10.4 Å². The van der Waals surface area contributed by atoms with Gasteiger partial charge in [0.15, 0.2) is 28.8 Å². The van der Waals surface area contributed by atoms with E-state index in [9.17, 15) is 19.5 Å². The van der Waals surface area contributed by atoms with Crippen molar-refractivity contribution in [2.75, 3.05) is 37.9 Å². The standard InChI is InChI=1S/C56H62N2O8S/c1-6-9-12-14-31-63-42-25-21-40(22-26-42)58(41-23-27-43(28-24-41)64-32-15-13-10-7-2)39-19-16-37(17-20-39)53-51-52(66-34-33-65-51)54(67-53)48-49(59)44(50(48)60)36-47-56(4,5)45-35-38(55(61)62)18-29-46(45)57(47)30-11-8-3/h16-29,35-36,48H,6-15,30-34H2,1-5H3/p+1. The van der Waals surface area contributed by atoms with Gasteiger partial charge in [-0.05, 0) is 105 Å². The minimum atomic E-state index is -1.00. The highest BCUT2D eigenvalue weighted by Crippen LogP contribution is 2.55. The lowest BCUT2D eigenvalue weighted by Crippen LogP contribution is -2.40. The molecule has 0 saturated heterocycles. The van der Waals surface area contributed by atoms with E-state index in [1.807, 2.05) is 56.3 Å². The number of carbonyl (C=O) groups is 3. The number of Topliss-reactive ketones (excluding diaryl/α,β-unsaturated/α-hetero) is 2. The molecule has 0 spiro atoms. The lowest BCUT2D eigenvalue weighted by atomic mass is 9.73. The van der Waals surface area contributed by atoms with E-state index >= 15 is 0 Å². The molecule has 67 heavy (non-hydrogen) atoms. The van der Waals surface area contributed by atoms with Crippen LogP contribution in [0, 0.1) is 0 Å². The first-order chi connectivity index (χ1) is 32.5. The maximum absolute atomic E-state index is 14.2. The van der Waals surface area contributed by atoms with Crippen molar-refractivity contribution in [1.29, 1.82) is 0 Å². The van der Waals surface area contributed by atoms with Crippen LogP contribution in [0.5, 0.6) is 23.0 Å². The number of benzene rings is 4. The van der Waals surface area contributed by atoms with Crippen molar-refractivity contribution in [3.63, 3.8) is 0 Å². The number of fused-ring (bicyclic) bond motifs is 2. The Morgan fingerprint density at radius 3 is 1.81 bits per heavy atom. The molecule has 4 aromatic carbocycles. The minimum absolute atomic E-state index is 0.142. The van der Waals surface area contributed by atoms with E-state index in [1.54, 1.807) is 18.2 Å². The van der Waals surface area contributed by atoms with Crippen LogP contribution in [0.3, 0.4) is 0 Å². The second-order valence-corrected chi connectivity index (χ2v) is 19.2. The van der Waals surface area contributed by atoms with Crippen LogP contribution in [0.1, 0.15) is 126 Å². The quantitative estimate of drug-likeness (QED) is 0.0238. The fraction of sp³-hybridized carbons (Fsp3) is 0.393. The zero-order chi connectivity index (χ0) is 47.1. The van der Waals surface area contributed by atoms with Gasteiger partial charge >= 0.3 is 5.97 Å². The predicted molar refractivity (Wildman–Crippen MR) is 267 cm³/mol. The van der Waals surface area contributed by atoms with Gasteiger partial charge in [-0.1, -0.05) is 77.8 Å². The number of carbonyl (C=O) groups excluding carboxylic acids is 2. The van der Waals surface area contributed by atoms with Crippen molar-refractivity contribution >= 4 is 57.3 Å². The van der Waals surface area contributed by atoms with Crippen LogP contribution in [0.4, 0.5) is 22.7 Å². The zero-order valence-electron chi connectivity index (χ0n) is 39.5. The third-order valence-corrected chi connectivity index (χ3v) is 14.3. The lowest BCUT2D eigenvalue weighted by molar-refractivity contribution is -0.438. The molecular formula is C56H63N2O8S+. The van der Waals surface area contributed by atoms with Crippen LogP contribution in [0.15, 0.2) is 103 Å². The monoisotopic (exact) mass is 923 g/mol. The average molecular weight is 924 g/mol. The second-order valence-electron chi connectivity index (χ2n) is 18.1. The molecule has 2 aliphatic heterocycles. The summed E-state index contributed by atoms with van der Waals surface area (Å²) in [5, 5.41) is 9.78. The Morgan fingerprint density at radius 1 is 0.731 bits per heavy atom. The number of aromatic carboxylic acids is 1. The number of ketones is 2. The smallest absolute Gasteiger partial charge is 0.335 e. The maximum Gasteiger partial charge on any atom is 0.335 e. The van der Waals surface area contributed by atoms with Crippen molar-refractivity contribution in [2.24, 2.45) is 0 Å². The van der Waals surface area contributed by atoms with Gasteiger partial charge in [0.05, 0.1) is 39.5 Å². The molecule has 0 bridgehead atoms. The number of thiophene rings is 1. The summed E-state index contributed by atoms with van der Waals surface area (Å²) < 4.78 is 26.8. The molecule has 3 heterocycles. The van der Waals surface area contributed by atoms with Crippen LogP contribution in [0.2, 0.25) is 0 Å². The highest BCUT2D eigenvalue weighted by molar-refractivity contribution is 7.16. The Bertz CT molecular complexity index is 2570. The topological polar surface area (TPSA) is 115 Å². The molecule has 350 valence electrons. The fourth-order valence-electron chi connectivity index (χ4n) is 9.20. The van der Waals surface area contributed by atoms with Gasteiger partial charge in [0.25, 0.3) is 0 Å². The largest absolute Gasteiger partial charge is 0.494 e. The molecule has 1 saturated carbocycles. The molecule has 10 nitrogen and oxygen atoms in total. The SMILES string of the molecule is CCCCCCOc1ccc(N(c2ccc(OCCCCCC)cc2)c2ccc(-c3sc(C4C(=O)C(=CC5=[N+](CCCC)c6ccc(C(=O)O)cc6C5(C)C)C4=O)c4c3OCCO4)cc2)cc1. The van der Waals surface area contributed by atoms with Crippen LogP contribution in [-0.4, -0.2) is 65.9 Å². The number of carboxylic acid groups (broad SMARTS) is 1. The van der Waals surface area contributed by atoms with Crippen molar-refractivity contribution < 1.29 is 43.0 Å². The number of ether oxygens (including phenoxy) is 4. The predicted octanol–water partition coefficient (Wildman–Crippen LogP) is 13.3. The zero-order valence-corrected chi connectivity index (χ0v) is 40.3. The molecule has 3 aliphatic rings. The molecule has 0 unspecified atom stereocenters. The maximum atomic E-state index is 14.2. The number of anilines is 3. The van der Waals surface area contributed by atoms with E-state index < -0.39 is 17.3 Å². The Labute approximate surface area is 398 Å². The van der Waals surface area contributed by atoms with Gasteiger partial charge in [-0.2, -0.15) is 4.58 Å². The Morgan fingerprint density at radius 2 is 1.27 bits per heavy atom. The molecule has 1 aliphatic carbocycles. The summed E-state index contributed by atoms with van der Waals surface area (Å²) in [6, 6.07) is 29.8. The summed E-state index contributed by atoms with van der Waals surface area (Å²) in [4.78, 5) is 44.0. The van der Waals surface area contributed by atoms with Gasteiger partial charge in [0.1, 0.15) is 37.2 Å². The second kappa shape index (κ2) is 21.2. The van der Waals surface area contributed by atoms with Crippen LogP contribution < -0.4 is 23.8 Å². The molecular weight excluding hydrogens is 861 g/mol. The van der Waals surface area contributed by atoms with E-state index in [0.29, 0.717) is 49.3 Å². The van der Waals surface area contributed by atoms with Gasteiger partial charge in [-0.15, -0.1) is 11.3 Å². The summed E-state index contributed by atoms with van der Waals surface area (Å²) in [6.45, 7) is 13.3. The van der Waals surface area contributed by atoms with Gasteiger partial charge in [0.2, 0.25) is 5.69 Å². The molecule has 5 aromatic rings. The van der Waals surface area contributed by atoms with Crippen LogP contribution in [-0.2, 0) is 15.0 Å². The number of allylic oxidation sites excluding steroid dienone is 2. The van der Waals surface area contributed by atoms with Crippen LogP contribution >= 0.6 is 11.3 Å². The van der Waals surface area contributed by atoms with Gasteiger partial charge in [-0.3, -0.25) is 9.59 Å². The van der Waals surface area contributed by atoms with E-state index in [0.717, 1.165) is 94.5 Å². The van der Waals surface area contributed by atoms with Crippen molar-refractivity contribution in [1.82, 2.24) is 0 Å². The summed E-state index contributed by atoms with van der Waals surface area (Å²) in [6.07, 6.45) is 12.8. The van der Waals surface area contributed by atoms with Crippen molar-refractivity contribution in [2.45, 2.75) is 110 Å². The van der Waals surface area contributed by atoms with E-state index in [2.05, 4.69) is 66.6 Å². The molecule has 0 radical (unpaired) electrons. The Kier molecular flexibility index (Phi) is 15.0. The highest BCUT2D eigenvalue weighted by atomic mass is 32.1. The first kappa shape index (κ1) is 47.3. The average Bonchev–Trinajstić information content (AvgIpc) is 3.81. The van der Waals surface area contributed by atoms with Gasteiger partial charge in [0, 0.05) is 41.2 Å². The molecule has 1 N–H and O–H groups in total. The third-order valence-electron chi connectivity index (χ3n) is 13.0. The Hall–Kier alpha value is -6.20. The summed E-state index contributed by atoms with van der Waals surface area (Å²) in [5.74, 6) is 0.153. The van der Waals surface area contributed by atoms with Crippen molar-refractivity contribution in [3.05, 3.63) is 119 Å². The summed E-state index contributed by atoms with van der Waals surface area (Å²) in [7, 11) is 0. The molecule has 8 rings (SSSR count). The number of hydrogen-bond donors (Lipinski definition) is 1. The number of rotatable bonds is 22. The number of hydrogen-bond acceptors (Lipinski definition) is 9. The Balaban J connectivity index is 1.07. The lowest BCUT2D eigenvalue weighted by Gasteiger charge is -2.27. The van der Waals surface area contributed by atoms with Gasteiger partial charge < -0.3 is 29.0 Å². The molecule has 1 fully saturated rings. The molecule has 11 heteroatoms. The highest BCUT2D eigenvalue weighted by Gasteiger charge is 2.52. The summed E-state index contributed by atoms with van der Waals surface area (Å²) in [5.41, 5.74) is 6.02. The summed E-state index contributed by atoms with van der Waals surface area (Å²) >= 11 is 1.37. The third kappa shape index (κ3) is 9.94. The molecule has 0 amide bonds. The number of unbranched alkanes of at least 4 members (excludes halogenated alkanes) is 7. The number of carboxylic acids is 1. The first-order valence-corrected chi connectivity index (χ1v) is 25.0. The van der Waals surface area contributed by atoms with Crippen molar-refractivity contribution in [3.8, 4) is 33.4 Å². The van der Waals surface area contributed by atoms with E-state index in [-0.39, 0.29) is 22.7 Å².